The van der Waals surface area contributed by atoms with Gasteiger partial charge in [0.2, 0.25) is 0 Å². The molecule has 8 aromatic rings. The summed E-state index contributed by atoms with van der Waals surface area (Å²) in [5.74, 6) is 0. The van der Waals surface area contributed by atoms with Crippen molar-refractivity contribution in [1.82, 2.24) is 4.57 Å². The monoisotopic (exact) mass is 548 g/mol. The summed E-state index contributed by atoms with van der Waals surface area (Å²) in [7, 11) is 0. The summed E-state index contributed by atoms with van der Waals surface area (Å²) in [5.41, 5.74) is 12.4. The van der Waals surface area contributed by atoms with Gasteiger partial charge in [-0.3, -0.25) is 0 Å². The van der Waals surface area contributed by atoms with Crippen LogP contribution in [-0.2, 0) is 5.41 Å². The van der Waals surface area contributed by atoms with Crippen molar-refractivity contribution in [3.63, 3.8) is 0 Å². The van der Waals surface area contributed by atoms with Gasteiger partial charge < -0.3 is 8.98 Å². The fourth-order valence-electron chi connectivity index (χ4n) is 7.27. The molecule has 0 unspecified atom stereocenters. The molecule has 0 aliphatic heterocycles. The molecule has 1 aliphatic rings. The van der Waals surface area contributed by atoms with Crippen molar-refractivity contribution in [2.45, 2.75) is 19.3 Å². The quantitative estimate of drug-likeness (QED) is 0.216. The van der Waals surface area contributed by atoms with Crippen molar-refractivity contribution in [3.8, 4) is 34.0 Å². The van der Waals surface area contributed by atoms with E-state index in [-0.39, 0.29) is 5.41 Å². The van der Waals surface area contributed by atoms with E-state index < -0.39 is 0 Å². The lowest BCUT2D eigenvalue weighted by Crippen LogP contribution is -2.14. The van der Waals surface area contributed by atoms with Crippen molar-refractivity contribution in [1.29, 1.82) is 5.26 Å². The predicted octanol–water partition coefficient (Wildman–Crippen LogP) is 10.1. The molecule has 2 aromatic heterocycles. The number of hydrogen-bond donors (Lipinski definition) is 0. The lowest BCUT2D eigenvalue weighted by atomic mass is 9.82. The van der Waals surface area contributed by atoms with E-state index in [0.717, 1.165) is 60.6 Å². The number of nitrogens with zero attached hydrogens (tertiary/aromatic N) is 2. The number of hydrogen-bond acceptors (Lipinski definition) is 2. The molecule has 0 radical (unpaired) electrons. The Morgan fingerprint density at radius 2 is 1.51 bits per heavy atom. The Balaban J connectivity index is 1.32. The molecular formula is C40H24N2O. The van der Waals surface area contributed by atoms with Gasteiger partial charge in [-0.15, -0.1) is 0 Å². The number of rotatable bonds is 2. The molecule has 0 atom stereocenters. The third-order valence-corrected chi connectivity index (χ3v) is 9.30. The average molecular weight is 549 g/mol. The summed E-state index contributed by atoms with van der Waals surface area (Å²) in [5, 5.41) is 14.6. The zero-order valence-corrected chi connectivity index (χ0v) is 23.7. The zero-order valence-electron chi connectivity index (χ0n) is 23.7. The van der Waals surface area contributed by atoms with Crippen LogP contribution in [-0.4, -0.2) is 4.57 Å². The normalized spacial score (nSPS) is 13.3. The summed E-state index contributed by atoms with van der Waals surface area (Å²) in [4.78, 5) is 0. The van der Waals surface area contributed by atoms with E-state index in [1.54, 1.807) is 0 Å². The molecular weight excluding hydrogens is 524 g/mol. The Kier molecular flexibility index (Phi) is 4.66. The Morgan fingerprint density at radius 3 is 2.42 bits per heavy atom. The van der Waals surface area contributed by atoms with Crippen LogP contribution in [0.2, 0.25) is 0 Å². The molecule has 200 valence electrons. The molecule has 0 amide bonds. The Hall–Kier alpha value is -5.77. The maximum absolute atomic E-state index is 10.3. The fourth-order valence-corrected chi connectivity index (χ4v) is 7.27. The first-order chi connectivity index (χ1) is 21.0. The van der Waals surface area contributed by atoms with Crippen LogP contribution in [0.5, 0.6) is 0 Å². The van der Waals surface area contributed by atoms with E-state index in [1.807, 2.05) is 30.3 Å². The Bertz CT molecular complexity index is 2450. The van der Waals surface area contributed by atoms with Crippen molar-refractivity contribution < 1.29 is 4.42 Å². The van der Waals surface area contributed by atoms with Crippen molar-refractivity contribution in [2.75, 3.05) is 0 Å². The van der Waals surface area contributed by atoms with Gasteiger partial charge in [0.1, 0.15) is 17.2 Å². The molecule has 0 N–H and O–H groups in total. The molecule has 0 fully saturated rings. The van der Waals surface area contributed by atoms with E-state index in [2.05, 4.69) is 115 Å². The number of furan rings is 1. The highest BCUT2D eigenvalue weighted by atomic mass is 16.3. The number of aromatic nitrogens is 1. The molecule has 0 bridgehead atoms. The van der Waals surface area contributed by atoms with E-state index in [9.17, 15) is 5.26 Å². The van der Waals surface area contributed by atoms with Crippen LogP contribution in [0, 0.1) is 23.5 Å². The van der Waals surface area contributed by atoms with Crippen LogP contribution in [0.1, 0.15) is 30.5 Å². The summed E-state index contributed by atoms with van der Waals surface area (Å²) < 4.78 is 8.66. The molecule has 6 aromatic carbocycles. The Labute approximate surface area is 248 Å². The second-order valence-electron chi connectivity index (χ2n) is 11.9. The average Bonchev–Trinajstić information content (AvgIpc) is 3.65. The molecule has 2 heterocycles. The summed E-state index contributed by atoms with van der Waals surface area (Å²) in [6, 6.07) is 46.7. The molecule has 3 heteroatoms. The summed E-state index contributed by atoms with van der Waals surface area (Å²) in [6.07, 6.45) is 0. The maximum atomic E-state index is 10.3. The summed E-state index contributed by atoms with van der Waals surface area (Å²) in [6.45, 7) is 4.58. The summed E-state index contributed by atoms with van der Waals surface area (Å²) >= 11 is 0. The minimum absolute atomic E-state index is 0.0889. The van der Waals surface area contributed by atoms with Crippen molar-refractivity contribution in [2.24, 2.45) is 0 Å². The second kappa shape index (κ2) is 8.39. The van der Waals surface area contributed by atoms with Gasteiger partial charge in [0.05, 0.1) is 27.7 Å². The second-order valence-corrected chi connectivity index (χ2v) is 11.9. The Morgan fingerprint density at radius 1 is 0.698 bits per heavy atom. The molecule has 0 saturated carbocycles. The predicted molar refractivity (Wildman–Crippen MR) is 173 cm³/mol. The highest BCUT2D eigenvalue weighted by Gasteiger charge is 2.36. The van der Waals surface area contributed by atoms with E-state index >= 15 is 0 Å². The molecule has 0 saturated heterocycles. The van der Waals surface area contributed by atoms with Crippen LogP contribution in [0.25, 0.3) is 71.7 Å². The molecule has 1 aliphatic carbocycles. The largest absolute Gasteiger partial charge is 0.456 e. The molecule has 0 spiro atoms. The number of nitriles is 1. The first-order valence-electron chi connectivity index (χ1n) is 14.5. The van der Waals surface area contributed by atoms with Gasteiger partial charge in [0, 0.05) is 27.1 Å². The smallest absolute Gasteiger partial charge is 0.135 e. The fraction of sp³-hybridized carbons (Fsp3) is 0.0750. The minimum Gasteiger partial charge on any atom is -0.456 e. The highest BCUT2D eigenvalue weighted by molar-refractivity contribution is 6.11. The lowest BCUT2D eigenvalue weighted by molar-refractivity contribution is 0.647. The number of fused-ring (bicyclic) bond motifs is 9. The number of para-hydroxylation sites is 2. The van der Waals surface area contributed by atoms with E-state index in [4.69, 9.17) is 4.42 Å². The van der Waals surface area contributed by atoms with Gasteiger partial charge in [0.25, 0.3) is 0 Å². The molecule has 3 nitrogen and oxygen atoms in total. The van der Waals surface area contributed by atoms with Crippen LogP contribution in [0.4, 0.5) is 0 Å². The maximum Gasteiger partial charge on any atom is 0.135 e. The standard InChI is InChI=1S/C40H24N2O/c1-40(2)33-15-6-3-11-27(33)30-21-32-31-20-24(18-19-37(31)43-38(32)22-34(30)40)26-14-9-10-25(23-41)39(26)42-35-16-7-4-12-28(35)29-13-5-8-17-36(29)42/h3-4,6-12,14-22H,1-2H3. The first kappa shape index (κ1) is 23.9. The van der Waals surface area contributed by atoms with Crippen molar-refractivity contribution >= 4 is 43.7 Å². The molecule has 43 heavy (non-hydrogen) atoms. The van der Waals surface area contributed by atoms with Crippen molar-refractivity contribution in [3.05, 3.63) is 138 Å². The zero-order chi connectivity index (χ0) is 28.9. The first-order valence-corrected chi connectivity index (χ1v) is 14.5. The van der Waals surface area contributed by atoms with E-state index in [0.29, 0.717) is 5.56 Å². The lowest BCUT2D eigenvalue weighted by Gasteiger charge is -2.21. The van der Waals surface area contributed by atoms with Crippen LogP contribution in [0.3, 0.4) is 0 Å². The van der Waals surface area contributed by atoms with Crippen LogP contribution >= 0.6 is 0 Å². The van der Waals surface area contributed by atoms with Crippen LogP contribution in [0.15, 0.2) is 114 Å². The number of benzene rings is 5. The highest BCUT2D eigenvalue weighted by Crippen LogP contribution is 2.51. The van der Waals surface area contributed by atoms with Gasteiger partial charge in [-0.1, -0.05) is 86.6 Å². The van der Waals surface area contributed by atoms with Gasteiger partial charge in [-0.2, -0.15) is 5.26 Å². The van der Waals surface area contributed by atoms with E-state index in [1.165, 1.54) is 22.3 Å². The van der Waals surface area contributed by atoms with Gasteiger partial charge in [-0.25, -0.2) is 0 Å². The topological polar surface area (TPSA) is 41.9 Å². The van der Waals surface area contributed by atoms with Gasteiger partial charge in [-0.05, 0) is 76.3 Å². The van der Waals surface area contributed by atoms with Crippen LogP contribution < -0.4 is 0 Å². The SMILES string of the molecule is CC1(C)c2ccccc2-c2cc3c(cc21)oc1ccc(-c2cccc(C#N)c2-n2c4ccc#cc4c4ccccc42)cc13. The van der Waals surface area contributed by atoms with Gasteiger partial charge in [0.15, 0.2) is 0 Å². The van der Waals surface area contributed by atoms with Gasteiger partial charge >= 0.3 is 0 Å². The molecule has 9 rings (SSSR count). The minimum atomic E-state index is -0.0889. The third kappa shape index (κ3) is 3.14. The third-order valence-electron chi connectivity index (χ3n) is 9.30.